The van der Waals surface area contributed by atoms with E-state index in [1.54, 1.807) is 18.4 Å². The molecule has 1 unspecified atom stereocenters. The first-order valence-electron chi connectivity index (χ1n) is 7.35. The second-order valence-corrected chi connectivity index (χ2v) is 6.27. The lowest BCUT2D eigenvalue weighted by atomic mass is 9.91. The maximum Gasteiger partial charge on any atom is 0.263 e. The molecule has 1 N–H and O–H groups in total. The Bertz CT molecular complexity index is 727. The van der Waals surface area contributed by atoms with Gasteiger partial charge in [0.1, 0.15) is 17.0 Å². The molecule has 8 heteroatoms. The van der Waals surface area contributed by atoms with E-state index in [4.69, 9.17) is 14.5 Å². The van der Waals surface area contributed by atoms with Crippen molar-refractivity contribution < 1.29 is 14.1 Å². The van der Waals surface area contributed by atoms with Gasteiger partial charge in [0.25, 0.3) is 5.91 Å². The van der Waals surface area contributed by atoms with Crippen molar-refractivity contribution >= 4 is 17.2 Å². The molecule has 120 valence electrons. The molecule has 1 saturated heterocycles. The minimum Gasteiger partial charge on any atom is -0.381 e. The van der Waals surface area contributed by atoms with Crippen molar-refractivity contribution in [3.8, 4) is 6.07 Å². The van der Waals surface area contributed by atoms with E-state index in [2.05, 4.69) is 15.5 Å². The molecule has 2 aromatic rings. The van der Waals surface area contributed by atoms with Gasteiger partial charge in [-0.05, 0) is 37.1 Å². The molecule has 0 aliphatic carbocycles. The predicted molar refractivity (Wildman–Crippen MR) is 81.8 cm³/mol. The number of ether oxygens (including phenoxy) is 1. The Morgan fingerprint density at radius 1 is 1.52 bits per heavy atom. The summed E-state index contributed by atoms with van der Waals surface area (Å²) in [7, 11) is 0. The lowest BCUT2D eigenvalue weighted by Gasteiger charge is -2.28. The van der Waals surface area contributed by atoms with E-state index in [-0.39, 0.29) is 17.9 Å². The van der Waals surface area contributed by atoms with Crippen LogP contribution in [0.15, 0.2) is 16.0 Å². The number of nitrogens with zero attached hydrogens (tertiary/aromatic N) is 3. The van der Waals surface area contributed by atoms with Crippen LogP contribution in [0.25, 0.3) is 0 Å². The van der Waals surface area contributed by atoms with Crippen LogP contribution in [-0.2, 0) is 4.74 Å². The summed E-state index contributed by atoms with van der Waals surface area (Å²) in [6.07, 6.45) is 1.61. The minimum atomic E-state index is -0.374. The molecule has 2 aromatic heterocycles. The van der Waals surface area contributed by atoms with E-state index in [9.17, 15) is 4.79 Å². The van der Waals surface area contributed by atoms with Gasteiger partial charge >= 0.3 is 0 Å². The van der Waals surface area contributed by atoms with Crippen molar-refractivity contribution in [3.05, 3.63) is 33.6 Å². The lowest BCUT2D eigenvalue weighted by molar-refractivity contribution is 0.0468. The van der Waals surface area contributed by atoms with Crippen LogP contribution in [0.1, 0.15) is 45.8 Å². The van der Waals surface area contributed by atoms with E-state index < -0.39 is 0 Å². The Hall–Kier alpha value is -2.24. The molecule has 0 radical (unpaired) electrons. The Balaban J connectivity index is 1.83. The molecule has 1 amide bonds. The third kappa shape index (κ3) is 3.41. The first-order valence-corrected chi connectivity index (χ1v) is 8.23. The second kappa shape index (κ2) is 6.89. The van der Waals surface area contributed by atoms with Gasteiger partial charge in [-0.2, -0.15) is 10.2 Å². The molecule has 7 nitrogen and oxygen atoms in total. The van der Waals surface area contributed by atoms with Gasteiger partial charge in [-0.1, -0.05) is 5.16 Å². The molecule has 3 heterocycles. The summed E-state index contributed by atoms with van der Waals surface area (Å²) in [5, 5.41) is 17.6. The smallest absolute Gasteiger partial charge is 0.263 e. The number of amides is 1. The molecule has 0 bridgehead atoms. The number of carbonyl (C=O) groups excluding carboxylic acids is 1. The van der Waals surface area contributed by atoms with Crippen LogP contribution in [0.3, 0.4) is 0 Å². The van der Waals surface area contributed by atoms with Gasteiger partial charge in [0.15, 0.2) is 5.82 Å². The molecule has 1 atom stereocenters. The molecule has 23 heavy (non-hydrogen) atoms. The van der Waals surface area contributed by atoms with Crippen molar-refractivity contribution in [2.45, 2.75) is 25.8 Å². The lowest BCUT2D eigenvalue weighted by Crippen LogP contribution is -2.36. The number of nitrogens with one attached hydrogen (secondary N) is 1. The zero-order valence-corrected chi connectivity index (χ0v) is 13.4. The monoisotopic (exact) mass is 332 g/mol. The summed E-state index contributed by atoms with van der Waals surface area (Å²) in [4.78, 5) is 17.2. The second-order valence-electron chi connectivity index (χ2n) is 5.36. The van der Waals surface area contributed by atoms with Crippen LogP contribution in [0.4, 0.5) is 0 Å². The molecule has 3 rings (SSSR count). The van der Waals surface area contributed by atoms with Crippen molar-refractivity contribution in [1.82, 2.24) is 15.5 Å². The molecular formula is C15H16N4O3S. The van der Waals surface area contributed by atoms with Crippen molar-refractivity contribution in [3.63, 3.8) is 0 Å². The number of rotatable bonds is 4. The van der Waals surface area contributed by atoms with Crippen molar-refractivity contribution in [2.75, 3.05) is 13.2 Å². The van der Waals surface area contributed by atoms with E-state index in [0.717, 1.165) is 12.8 Å². The molecule has 1 aliphatic heterocycles. The summed E-state index contributed by atoms with van der Waals surface area (Å²) >= 11 is 1.25. The number of thiophene rings is 1. The normalized spacial score (nSPS) is 16.7. The molecular weight excluding hydrogens is 316 g/mol. The standard InChI is InChI=1S/C15H16N4O3S/c1-9-17-15(22-19-9)12(10-2-5-21-6-3-10)18-14(20)13-11(8-16)4-7-23-13/h4,7,10,12H,2-3,5-6H2,1H3,(H,18,20). The van der Waals surface area contributed by atoms with Crippen molar-refractivity contribution in [1.29, 1.82) is 5.26 Å². The summed E-state index contributed by atoms with van der Waals surface area (Å²) in [6.45, 7) is 3.03. The Morgan fingerprint density at radius 2 is 2.30 bits per heavy atom. The number of hydrogen-bond acceptors (Lipinski definition) is 7. The molecule has 1 fully saturated rings. The van der Waals surface area contributed by atoms with Gasteiger partial charge in [0.2, 0.25) is 5.89 Å². The fourth-order valence-electron chi connectivity index (χ4n) is 2.65. The van der Waals surface area contributed by atoms with E-state index >= 15 is 0 Å². The van der Waals surface area contributed by atoms with Gasteiger partial charge in [-0.25, -0.2) is 0 Å². The summed E-state index contributed by atoms with van der Waals surface area (Å²) in [5.41, 5.74) is 0.375. The SMILES string of the molecule is Cc1noc(C(NC(=O)c2sccc2C#N)C2CCOCC2)n1. The van der Waals surface area contributed by atoms with Crippen LogP contribution in [0, 0.1) is 24.2 Å². The minimum absolute atomic E-state index is 0.165. The Labute approximate surface area is 137 Å². The Morgan fingerprint density at radius 3 is 2.96 bits per heavy atom. The number of nitriles is 1. The van der Waals surface area contributed by atoms with E-state index in [1.165, 1.54) is 11.3 Å². The highest BCUT2D eigenvalue weighted by Gasteiger charge is 2.32. The first-order chi connectivity index (χ1) is 11.2. The first kappa shape index (κ1) is 15.6. The number of aromatic nitrogens is 2. The molecule has 0 saturated carbocycles. The summed E-state index contributed by atoms with van der Waals surface area (Å²) < 4.78 is 10.7. The fourth-order valence-corrected chi connectivity index (χ4v) is 3.40. The van der Waals surface area contributed by atoms with Crippen molar-refractivity contribution in [2.24, 2.45) is 5.92 Å². The maximum absolute atomic E-state index is 12.5. The quantitative estimate of drug-likeness (QED) is 0.921. The number of aryl methyl sites for hydroxylation is 1. The van der Waals surface area contributed by atoms with Gasteiger partial charge in [0, 0.05) is 13.2 Å². The zero-order valence-electron chi connectivity index (χ0n) is 12.6. The van der Waals surface area contributed by atoms with Gasteiger partial charge in [-0.15, -0.1) is 11.3 Å². The van der Waals surface area contributed by atoms with Crippen LogP contribution in [0.5, 0.6) is 0 Å². The topological polar surface area (TPSA) is 101 Å². The fraction of sp³-hybridized carbons (Fsp3) is 0.467. The molecule has 0 aromatic carbocycles. The third-order valence-corrected chi connectivity index (χ3v) is 4.74. The molecule has 0 spiro atoms. The molecule has 1 aliphatic rings. The average molecular weight is 332 g/mol. The van der Waals surface area contributed by atoms with Crippen LogP contribution in [0.2, 0.25) is 0 Å². The largest absolute Gasteiger partial charge is 0.381 e. The highest BCUT2D eigenvalue weighted by atomic mass is 32.1. The third-order valence-electron chi connectivity index (χ3n) is 3.83. The average Bonchev–Trinajstić information content (AvgIpc) is 3.21. The van der Waals surface area contributed by atoms with Gasteiger partial charge in [0.05, 0.1) is 5.56 Å². The van der Waals surface area contributed by atoms with E-state index in [0.29, 0.717) is 35.4 Å². The van der Waals surface area contributed by atoms with E-state index in [1.807, 2.05) is 6.07 Å². The van der Waals surface area contributed by atoms with Crippen LogP contribution in [-0.4, -0.2) is 29.3 Å². The number of hydrogen-bond donors (Lipinski definition) is 1. The van der Waals surface area contributed by atoms with Gasteiger partial charge in [-0.3, -0.25) is 4.79 Å². The highest BCUT2D eigenvalue weighted by Crippen LogP contribution is 2.30. The highest BCUT2D eigenvalue weighted by molar-refractivity contribution is 7.12. The van der Waals surface area contributed by atoms with Crippen LogP contribution >= 0.6 is 11.3 Å². The van der Waals surface area contributed by atoms with Crippen LogP contribution < -0.4 is 5.32 Å². The maximum atomic E-state index is 12.5. The number of carbonyl (C=O) groups is 1. The van der Waals surface area contributed by atoms with Gasteiger partial charge < -0.3 is 14.6 Å². The Kier molecular flexibility index (Phi) is 4.69. The summed E-state index contributed by atoms with van der Waals surface area (Å²) in [5.74, 6) is 0.805. The predicted octanol–water partition coefficient (Wildman–Crippen LogP) is 2.21. The summed E-state index contributed by atoms with van der Waals surface area (Å²) in [6, 6.07) is 3.30. The zero-order chi connectivity index (χ0) is 16.2.